The molecule has 0 unspecified atom stereocenters. The van der Waals surface area contributed by atoms with Gasteiger partial charge in [0.2, 0.25) is 0 Å². The summed E-state index contributed by atoms with van der Waals surface area (Å²) in [5.41, 5.74) is 17.0. The fraction of sp³-hybridized carbons (Fsp3) is 0.0588. The second-order valence-corrected chi connectivity index (χ2v) is 15.2. The van der Waals surface area contributed by atoms with Crippen LogP contribution in [-0.4, -0.2) is 4.57 Å². The highest BCUT2D eigenvalue weighted by molar-refractivity contribution is 6.28. The zero-order chi connectivity index (χ0) is 34.3. The van der Waals surface area contributed by atoms with Crippen LogP contribution in [0.25, 0.3) is 104 Å². The number of nitrogens with zero attached hydrogens (tertiary/aromatic N) is 1. The largest absolute Gasteiger partial charge is 0.308 e. The van der Waals surface area contributed by atoms with E-state index >= 15 is 0 Å². The molecule has 242 valence electrons. The lowest BCUT2D eigenvalue weighted by molar-refractivity contribution is 0.666. The molecule has 0 saturated carbocycles. The molecule has 0 N–H and O–H groups in total. The maximum Gasteiger partial charge on any atom is 0.0629 e. The van der Waals surface area contributed by atoms with Crippen molar-refractivity contribution in [2.45, 2.75) is 19.3 Å². The van der Waals surface area contributed by atoms with Crippen LogP contribution in [0.2, 0.25) is 0 Å². The Balaban J connectivity index is 1.21. The van der Waals surface area contributed by atoms with Crippen molar-refractivity contribution < 1.29 is 0 Å². The van der Waals surface area contributed by atoms with E-state index in [4.69, 9.17) is 0 Å². The van der Waals surface area contributed by atoms with Gasteiger partial charge in [-0.05, 0) is 89.1 Å². The summed E-state index contributed by atoms with van der Waals surface area (Å²) in [4.78, 5) is 0. The van der Waals surface area contributed by atoms with Gasteiger partial charge in [0.05, 0.1) is 16.7 Å². The molecule has 2 aliphatic carbocycles. The highest BCUT2D eigenvalue weighted by Gasteiger charge is 2.39. The van der Waals surface area contributed by atoms with Gasteiger partial charge in [-0.1, -0.05) is 166 Å². The lowest BCUT2D eigenvalue weighted by Gasteiger charge is -2.24. The molecule has 1 heterocycles. The molecule has 52 heavy (non-hydrogen) atoms. The second-order valence-electron chi connectivity index (χ2n) is 15.2. The van der Waals surface area contributed by atoms with Crippen molar-refractivity contribution in [1.29, 1.82) is 0 Å². The summed E-state index contributed by atoms with van der Waals surface area (Å²) < 4.78 is 2.59. The van der Waals surface area contributed by atoms with E-state index in [2.05, 4.69) is 182 Å². The Labute approximate surface area is 302 Å². The molecule has 1 aromatic heterocycles. The smallest absolute Gasteiger partial charge is 0.0629 e. The van der Waals surface area contributed by atoms with Gasteiger partial charge in [-0.3, -0.25) is 0 Å². The van der Waals surface area contributed by atoms with E-state index in [0.29, 0.717) is 0 Å². The molecule has 0 atom stereocenters. The van der Waals surface area contributed by atoms with Crippen LogP contribution in [0, 0.1) is 0 Å². The van der Waals surface area contributed by atoms with Gasteiger partial charge in [0.25, 0.3) is 0 Å². The topological polar surface area (TPSA) is 4.93 Å². The fourth-order valence-electron chi connectivity index (χ4n) is 10.2. The minimum Gasteiger partial charge on any atom is -0.308 e. The standard InChI is InChI=1S/C51H33N/c1-51(2)43-24-11-9-20-41(43)48-49(51)40-19-8-7-18-38(40)47-42-21-10-12-25-44(42)52(50(47)48)45-29-28-33(30-14-5-6-17-35(30)45)34-26-27-39-32-16-4-3-15-31(32)36-22-13-23-37(34)46(36)39/h3-29H,1-2H3. The van der Waals surface area contributed by atoms with E-state index in [1.54, 1.807) is 0 Å². The minimum absolute atomic E-state index is 0.137. The number of hydrogen-bond acceptors (Lipinski definition) is 0. The van der Waals surface area contributed by atoms with Crippen LogP contribution in [0.15, 0.2) is 164 Å². The first-order valence-corrected chi connectivity index (χ1v) is 18.4. The Morgan fingerprint density at radius 2 is 0.904 bits per heavy atom. The lowest BCUT2D eigenvalue weighted by Crippen LogP contribution is -2.15. The second kappa shape index (κ2) is 9.87. The molecule has 0 bridgehead atoms. The third kappa shape index (κ3) is 3.39. The van der Waals surface area contributed by atoms with Gasteiger partial charge in [0, 0.05) is 27.1 Å². The summed E-state index contributed by atoms with van der Waals surface area (Å²) in [6.45, 7) is 4.81. The van der Waals surface area contributed by atoms with Crippen molar-refractivity contribution in [1.82, 2.24) is 4.57 Å². The average Bonchev–Trinajstić information content (AvgIpc) is 3.79. The molecule has 1 nitrogen and oxygen atoms in total. The van der Waals surface area contributed by atoms with Gasteiger partial charge in [-0.15, -0.1) is 0 Å². The number of benzene rings is 9. The van der Waals surface area contributed by atoms with Gasteiger partial charge in [-0.25, -0.2) is 0 Å². The molecular formula is C51H33N. The zero-order valence-electron chi connectivity index (χ0n) is 29.0. The van der Waals surface area contributed by atoms with Crippen molar-refractivity contribution in [2.24, 2.45) is 0 Å². The molecule has 10 aromatic rings. The molecule has 0 spiro atoms. The summed E-state index contributed by atoms with van der Waals surface area (Å²) in [6.07, 6.45) is 0. The monoisotopic (exact) mass is 659 g/mol. The number of para-hydroxylation sites is 1. The normalized spacial score (nSPS) is 13.7. The SMILES string of the molecule is CC1(C)c2ccccc2-c2c1c1ccccc1c1c3ccccc3n(-c3ccc(-c4ccc5c6c(cccc46)-c4ccccc4-5)c4ccccc34)c21. The zero-order valence-corrected chi connectivity index (χ0v) is 29.0. The average molecular weight is 660 g/mol. The summed E-state index contributed by atoms with van der Waals surface area (Å²) in [5, 5.41) is 10.5. The first-order valence-electron chi connectivity index (χ1n) is 18.4. The molecule has 0 aliphatic heterocycles. The van der Waals surface area contributed by atoms with Crippen molar-refractivity contribution in [3.8, 4) is 50.2 Å². The molecule has 0 radical (unpaired) electrons. The van der Waals surface area contributed by atoms with Crippen LogP contribution >= 0.6 is 0 Å². The maximum absolute atomic E-state index is 2.59. The number of hydrogen-bond donors (Lipinski definition) is 0. The molecular weight excluding hydrogens is 627 g/mol. The van der Waals surface area contributed by atoms with Crippen molar-refractivity contribution in [3.63, 3.8) is 0 Å². The van der Waals surface area contributed by atoms with Crippen LogP contribution in [0.5, 0.6) is 0 Å². The summed E-state index contributed by atoms with van der Waals surface area (Å²) in [7, 11) is 0. The third-order valence-corrected chi connectivity index (χ3v) is 12.3. The quantitative estimate of drug-likeness (QED) is 0.174. The predicted octanol–water partition coefficient (Wildman–Crippen LogP) is 13.9. The molecule has 0 saturated heterocycles. The lowest BCUT2D eigenvalue weighted by atomic mass is 9.79. The summed E-state index contributed by atoms with van der Waals surface area (Å²) >= 11 is 0. The molecule has 1 heteroatoms. The Morgan fingerprint density at radius 3 is 1.71 bits per heavy atom. The van der Waals surface area contributed by atoms with Crippen molar-refractivity contribution in [2.75, 3.05) is 0 Å². The van der Waals surface area contributed by atoms with E-state index in [-0.39, 0.29) is 5.41 Å². The highest BCUT2D eigenvalue weighted by Crippen LogP contribution is 2.57. The Bertz CT molecular complexity index is 3180. The first-order chi connectivity index (χ1) is 25.6. The van der Waals surface area contributed by atoms with Crippen molar-refractivity contribution in [3.05, 3.63) is 175 Å². The van der Waals surface area contributed by atoms with E-state index in [1.807, 2.05) is 0 Å². The van der Waals surface area contributed by atoms with Crippen LogP contribution in [0.4, 0.5) is 0 Å². The van der Waals surface area contributed by atoms with Gasteiger partial charge >= 0.3 is 0 Å². The van der Waals surface area contributed by atoms with Gasteiger partial charge < -0.3 is 4.57 Å². The number of fused-ring (bicyclic) bond motifs is 14. The first kappa shape index (κ1) is 28.3. The summed E-state index contributed by atoms with van der Waals surface area (Å²) in [5.74, 6) is 0. The third-order valence-electron chi connectivity index (χ3n) is 12.3. The van der Waals surface area contributed by atoms with E-state index in [0.717, 1.165) is 0 Å². The molecule has 12 rings (SSSR count). The van der Waals surface area contributed by atoms with Gasteiger partial charge in [-0.2, -0.15) is 0 Å². The minimum atomic E-state index is -0.137. The van der Waals surface area contributed by atoms with Crippen molar-refractivity contribution >= 4 is 54.1 Å². The van der Waals surface area contributed by atoms with E-state index in [1.165, 1.54) is 115 Å². The van der Waals surface area contributed by atoms with Crippen LogP contribution in [-0.2, 0) is 5.41 Å². The van der Waals surface area contributed by atoms with E-state index in [9.17, 15) is 0 Å². The Kier molecular flexibility index (Phi) is 5.37. The molecule has 2 aliphatic rings. The van der Waals surface area contributed by atoms with Crippen LogP contribution < -0.4 is 0 Å². The van der Waals surface area contributed by atoms with Gasteiger partial charge in [0.1, 0.15) is 0 Å². The fourth-order valence-corrected chi connectivity index (χ4v) is 10.2. The molecule has 0 fully saturated rings. The maximum atomic E-state index is 2.59. The Hall–Kier alpha value is -6.44. The highest BCUT2D eigenvalue weighted by atomic mass is 15.0. The molecule has 9 aromatic carbocycles. The van der Waals surface area contributed by atoms with E-state index < -0.39 is 0 Å². The number of aromatic nitrogens is 1. The van der Waals surface area contributed by atoms with Crippen LogP contribution in [0.3, 0.4) is 0 Å². The Morgan fingerprint density at radius 1 is 0.365 bits per heavy atom. The number of rotatable bonds is 2. The predicted molar refractivity (Wildman–Crippen MR) is 221 cm³/mol. The summed E-state index contributed by atoms with van der Waals surface area (Å²) in [6, 6.07) is 61.4. The van der Waals surface area contributed by atoms with Crippen LogP contribution in [0.1, 0.15) is 25.0 Å². The van der Waals surface area contributed by atoms with Gasteiger partial charge in [0.15, 0.2) is 0 Å². The molecule has 0 amide bonds.